The van der Waals surface area contributed by atoms with Crippen LogP contribution in [0, 0.1) is 6.92 Å². The van der Waals surface area contributed by atoms with Crippen LogP contribution < -0.4 is 14.8 Å². The third-order valence-electron chi connectivity index (χ3n) is 4.29. The number of fused-ring (bicyclic) bond motifs is 1. The van der Waals surface area contributed by atoms with E-state index >= 15 is 0 Å². The maximum absolute atomic E-state index is 12.4. The van der Waals surface area contributed by atoms with Crippen LogP contribution in [0.15, 0.2) is 40.1 Å². The smallest absolute Gasteiger partial charge is 0.234 e. The summed E-state index contributed by atoms with van der Waals surface area (Å²) in [6.07, 6.45) is 1.63. The molecule has 4 rings (SSSR count). The van der Waals surface area contributed by atoms with Crippen molar-refractivity contribution in [2.75, 3.05) is 24.3 Å². The Morgan fingerprint density at radius 3 is 2.79 bits per heavy atom. The van der Waals surface area contributed by atoms with Crippen LogP contribution in [0.5, 0.6) is 11.5 Å². The molecule has 0 aliphatic carbocycles. The molecule has 2 aromatic heterocycles. The van der Waals surface area contributed by atoms with E-state index in [0.29, 0.717) is 42.1 Å². The summed E-state index contributed by atoms with van der Waals surface area (Å²) in [5.41, 5.74) is 1.57. The summed E-state index contributed by atoms with van der Waals surface area (Å²) in [5.74, 6) is 2.95. The van der Waals surface area contributed by atoms with Crippen molar-refractivity contribution < 1.29 is 18.7 Å². The van der Waals surface area contributed by atoms with Crippen molar-refractivity contribution in [3.05, 3.63) is 36.3 Å². The highest BCUT2D eigenvalue weighted by Gasteiger charge is 2.18. The van der Waals surface area contributed by atoms with E-state index in [-0.39, 0.29) is 11.7 Å². The van der Waals surface area contributed by atoms with E-state index in [1.165, 1.54) is 11.8 Å². The number of aromatic nitrogens is 3. The third kappa shape index (κ3) is 3.70. The molecule has 1 aliphatic rings. The minimum atomic E-state index is -0.131. The van der Waals surface area contributed by atoms with E-state index in [4.69, 9.17) is 13.9 Å². The lowest BCUT2D eigenvalue weighted by Crippen LogP contribution is -2.17. The normalized spacial score (nSPS) is 12.8. The van der Waals surface area contributed by atoms with Crippen molar-refractivity contribution in [1.82, 2.24) is 14.8 Å². The van der Waals surface area contributed by atoms with Gasteiger partial charge in [-0.15, -0.1) is 10.2 Å². The monoisotopic (exact) mass is 400 g/mol. The number of hydrogen-bond acceptors (Lipinski definition) is 7. The van der Waals surface area contributed by atoms with Crippen molar-refractivity contribution >= 4 is 23.4 Å². The molecule has 28 heavy (non-hydrogen) atoms. The standard InChI is InChI=1S/C19H20N4O4S/c1-3-23-18(14-6-7-25-12(14)2)21-22-19(23)28-11-17(24)20-13-4-5-15-16(10-13)27-9-8-26-15/h4-7,10H,3,8-9,11H2,1-2H3,(H,20,24). The van der Waals surface area contributed by atoms with Crippen LogP contribution >= 0.6 is 11.8 Å². The summed E-state index contributed by atoms with van der Waals surface area (Å²) < 4.78 is 18.4. The maximum Gasteiger partial charge on any atom is 0.234 e. The summed E-state index contributed by atoms with van der Waals surface area (Å²) >= 11 is 1.34. The number of thioether (sulfide) groups is 1. The first-order chi connectivity index (χ1) is 13.7. The van der Waals surface area contributed by atoms with Crippen molar-refractivity contribution in [2.24, 2.45) is 0 Å². The molecule has 1 aromatic carbocycles. The van der Waals surface area contributed by atoms with Gasteiger partial charge in [0.25, 0.3) is 0 Å². The van der Waals surface area contributed by atoms with Crippen LogP contribution in [0.3, 0.4) is 0 Å². The van der Waals surface area contributed by atoms with Gasteiger partial charge >= 0.3 is 0 Å². The topological polar surface area (TPSA) is 91.4 Å². The van der Waals surface area contributed by atoms with Crippen LogP contribution in [0.25, 0.3) is 11.4 Å². The molecule has 0 bridgehead atoms. The molecule has 0 saturated carbocycles. The SMILES string of the molecule is CCn1c(SCC(=O)Nc2ccc3c(c2)OCCO3)nnc1-c1ccoc1C. The first kappa shape index (κ1) is 18.4. The Bertz CT molecular complexity index is 998. The number of ether oxygens (including phenoxy) is 2. The molecule has 9 heteroatoms. The fraction of sp³-hybridized carbons (Fsp3) is 0.316. The molecule has 0 fully saturated rings. The molecule has 0 spiro atoms. The second-order valence-electron chi connectivity index (χ2n) is 6.14. The molecule has 1 amide bonds. The van der Waals surface area contributed by atoms with Gasteiger partial charge < -0.3 is 23.8 Å². The summed E-state index contributed by atoms with van der Waals surface area (Å²) in [6.45, 7) is 5.64. The van der Waals surface area contributed by atoms with Gasteiger partial charge in [-0.2, -0.15) is 0 Å². The summed E-state index contributed by atoms with van der Waals surface area (Å²) in [4.78, 5) is 12.4. The molecule has 8 nitrogen and oxygen atoms in total. The molecule has 3 heterocycles. The zero-order chi connectivity index (χ0) is 19.5. The Kier molecular flexibility index (Phi) is 5.25. The third-order valence-corrected chi connectivity index (χ3v) is 5.26. The average Bonchev–Trinajstić information content (AvgIpc) is 3.31. The van der Waals surface area contributed by atoms with Crippen molar-refractivity contribution in [2.45, 2.75) is 25.5 Å². The zero-order valence-electron chi connectivity index (χ0n) is 15.6. The number of carbonyl (C=O) groups excluding carboxylic acids is 1. The van der Waals surface area contributed by atoms with Gasteiger partial charge in [-0.3, -0.25) is 4.79 Å². The number of aryl methyl sites for hydroxylation is 1. The Morgan fingerprint density at radius 2 is 2.04 bits per heavy atom. The van der Waals surface area contributed by atoms with E-state index < -0.39 is 0 Å². The molecule has 0 radical (unpaired) electrons. The van der Waals surface area contributed by atoms with Gasteiger partial charge in [-0.25, -0.2) is 0 Å². The number of nitrogens with one attached hydrogen (secondary N) is 1. The minimum absolute atomic E-state index is 0.131. The molecule has 3 aromatic rings. The van der Waals surface area contributed by atoms with E-state index in [0.717, 1.165) is 17.1 Å². The van der Waals surface area contributed by atoms with Crippen LogP contribution in [0.2, 0.25) is 0 Å². The minimum Gasteiger partial charge on any atom is -0.486 e. The molecule has 146 valence electrons. The van der Waals surface area contributed by atoms with Gasteiger partial charge in [-0.05, 0) is 32.0 Å². The lowest BCUT2D eigenvalue weighted by molar-refractivity contribution is -0.113. The first-order valence-electron chi connectivity index (χ1n) is 8.95. The molecule has 0 saturated heterocycles. The van der Waals surface area contributed by atoms with Crippen molar-refractivity contribution in [3.8, 4) is 22.9 Å². The predicted octanol–water partition coefficient (Wildman–Crippen LogP) is 3.37. The number of furan rings is 1. The molecular weight excluding hydrogens is 380 g/mol. The summed E-state index contributed by atoms with van der Waals surface area (Å²) in [7, 11) is 0. The first-order valence-corrected chi connectivity index (χ1v) is 9.94. The molecule has 1 aliphatic heterocycles. The van der Waals surface area contributed by atoms with E-state index in [9.17, 15) is 4.79 Å². The molecule has 0 unspecified atom stereocenters. The molecule has 0 atom stereocenters. The fourth-order valence-electron chi connectivity index (χ4n) is 2.94. The number of benzene rings is 1. The van der Waals surface area contributed by atoms with E-state index in [1.807, 2.05) is 24.5 Å². The van der Waals surface area contributed by atoms with Crippen molar-refractivity contribution in [1.29, 1.82) is 0 Å². The van der Waals surface area contributed by atoms with Crippen LogP contribution in [0.1, 0.15) is 12.7 Å². The quantitative estimate of drug-likeness (QED) is 0.634. The average molecular weight is 400 g/mol. The van der Waals surface area contributed by atoms with Crippen LogP contribution in [-0.2, 0) is 11.3 Å². The number of rotatable bonds is 6. The highest BCUT2D eigenvalue weighted by molar-refractivity contribution is 7.99. The number of amides is 1. The van der Waals surface area contributed by atoms with Gasteiger partial charge in [0.2, 0.25) is 5.91 Å². The van der Waals surface area contributed by atoms with Gasteiger partial charge in [0, 0.05) is 18.3 Å². The zero-order valence-corrected chi connectivity index (χ0v) is 16.4. The lowest BCUT2D eigenvalue weighted by Gasteiger charge is -2.19. The number of hydrogen-bond donors (Lipinski definition) is 1. The largest absolute Gasteiger partial charge is 0.486 e. The lowest BCUT2D eigenvalue weighted by atomic mass is 10.2. The Morgan fingerprint density at radius 1 is 1.21 bits per heavy atom. The second kappa shape index (κ2) is 7.97. The molecular formula is C19H20N4O4S. The Balaban J connectivity index is 1.41. The number of anilines is 1. The summed E-state index contributed by atoms with van der Waals surface area (Å²) in [5, 5.41) is 12.1. The molecule has 1 N–H and O–H groups in total. The Hall–Kier alpha value is -2.94. The predicted molar refractivity (Wildman–Crippen MR) is 105 cm³/mol. The van der Waals surface area contributed by atoms with E-state index in [1.54, 1.807) is 24.5 Å². The van der Waals surface area contributed by atoms with E-state index in [2.05, 4.69) is 15.5 Å². The van der Waals surface area contributed by atoms with Gasteiger partial charge in [0.05, 0.1) is 17.6 Å². The van der Waals surface area contributed by atoms with Gasteiger partial charge in [-0.1, -0.05) is 11.8 Å². The van der Waals surface area contributed by atoms with Crippen molar-refractivity contribution in [3.63, 3.8) is 0 Å². The van der Waals surface area contributed by atoms with Gasteiger partial charge in [0.1, 0.15) is 19.0 Å². The Labute approximate surface area is 166 Å². The summed E-state index contributed by atoms with van der Waals surface area (Å²) in [6, 6.07) is 7.23. The number of nitrogens with zero attached hydrogens (tertiary/aromatic N) is 3. The van der Waals surface area contributed by atoms with Crippen LogP contribution in [0.4, 0.5) is 5.69 Å². The van der Waals surface area contributed by atoms with Gasteiger partial charge in [0.15, 0.2) is 22.5 Å². The highest BCUT2D eigenvalue weighted by atomic mass is 32.2. The van der Waals surface area contributed by atoms with Crippen LogP contribution in [-0.4, -0.2) is 39.6 Å². The number of carbonyl (C=O) groups is 1. The fourth-order valence-corrected chi connectivity index (χ4v) is 3.75. The second-order valence-corrected chi connectivity index (χ2v) is 7.08. The maximum atomic E-state index is 12.4. The highest BCUT2D eigenvalue weighted by Crippen LogP contribution is 2.33.